The van der Waals surface area contributed by atoms with Gasteiger partial charge in [-0.2, -0.15) is 0 Å². The lowest BCUT2D eigenvalue weighted by Gasteiger charge is -2.36. The second kappa shape index (κ2) is 7.88. The van der Waals surface area contributed by atoms with Crippen LogP contribution in [0.5, 0.6) is 11.5 Å². The van der Waals surface area contributed by atoms with Gasteiger partial charge in [0.05, 0.1) is 6.67 Å². The fourth-order valence-corrected chi connectivity index (χ4v) is 4.72. The highest BCUT2D eigenvalue weighted by Gasteiger charge is 2.48. The fourth-order valence-electron chi connectivity index (χ4n) is 4.72. The van der Waals surface area contributed by atoms with Gasteiger partial charge in [-0.05, 0) is 30.5 Å². The lowest BCUT2D eigenvalue weighted by molar-refractivity contribution is -0.144. The van der Waals surface area contributed by atoms with Crippen LogP contribution in [0, 0.1) is 0 Å². The van der Waals surface area contributed by atoms with Crippen LogP contribution in [-0.4, -0.2) is 83.1 Å². The maximum atomic E-state index is 12.7. The van der Waals surface area contributed by atoms with Gasteiger partial charge in [0.25, 0.3) is 0 Å². The highest BCUT2D eigenvalue weighted by molar-refractivity contribution is 6.44. The van der Waals surface area contributed by atoms with Crippen molar-refractivity contribution in [3.63, 3.8) is 0 Å². The molecule has 9 heteroatoms. The van der Waals surface area contributed by atoms with Crippen LogP contribution in [0.1, 0.15) is 31.2 Å². The van der Waals surface area contributed by atoms with E-state index in [-0.39, 0.29) is 19.5 Å². The van der Waals surface area contributed by atoms with Crippen LogP contribution in [0.4, 0.5) is 4.79 Å². The van der Waals surface area contributed by atoms with E-state index >= 15 is 0 Å². The third-order valence-corrected chi connectivity index (χ3v) is 6.42. The average Bonchev–Trinajstić information content (AvgIpc) is 3.47. The van der Waals surface area contributed by atoms with Gasteiger partial charge in [0.15, 0.2) is 11.5 Å². The van der Waals surface area contributed by atoms with E-state index in [2.05, 4.69) is 9.80 Å². The molecule has 0 unspecified atom stereocenters. The Morgan fingerprint density at radius 2 is 1.57 bits per heavy atom. The number of amides is 4. The monoisotopic (exact) mass is 414 g/mol. The molecule has 1 aromatic rings. The molecule has 0 atom stereocenters. The van der Waals surface area contributed by atoms with Crippen molar-refractivity contribution in [1.29, 1.82) is 0 Å². The molecule has 1 aliphatic carbocycles. The van der Waals surface area contributed by atoms with E-state index in [0.29, 0.717) is 0 Å². The van der Waals surface area contributed by atoms with Crippen molar-refractivity contribution in [2.45, 2.75) is 38.3 Å². The predicted octanol–water partition coefficient (Wildman–Crippen LogP) is 1.22. The number of carbonyl (C=O) groups is 3. The Labute approximate surface area is 175 Å². The Morgan fingerprint density at radius 3 is 2.33 bits per heavy atom. The maximum Gasteiger partial charge on any atom is 0.335 e. The van der Waals surface area contributed by atoms with Gasteiger partial charge in [-0.3, -0.25) is 24.3 Å². The summed E-state index contributed by atoms with van der Waals surface area (Å²) in [4.78, 5) is 44.2. The highest BCUT2D eigenvalue weighted by Crippen LogP contribution is 2.33. The number of nitrogens with zero attached hydrogens (tertiary/aromatic N) is 4. The quantitative estimate of drug-likeness (QED) is 0.529. The third kappa shape index (κ3) is 3.52. The number of rotatable bonds is 5. The number of urea groups is 1. The summed E-state index contributed by atoms with van der Waals surface area (Å²) in [6.07, 6.45) is 3.61. The molecular formula is C21H26N4O5. The molecule has 1 aromatic carbocycles. The molecule has 5 rings (SSSR count). The van der Waals surface area contributed by atoms with Gasteiger partial charge >= 0.3 is 17.8 Å². The van der Waals surface area contributed by atoms with Crippen LogP contribution in [0.2, 0.25) is 0 Å². The summed E-state index contributed by atoms with van der Waals surface area (Å²) in [6.45, 7) is 4.38. The molecule has 160 valence electrons. The first-order chi connectivity index (χ1) is 14.6. The molecule has 3 heterocycles. The van der Waals surface area contributed by atoms with E-state index in [1.54, 1.807) is 0 Å². The van der Waals surface area contributed by atoms with Crippen molar-refractivity contribution >= 4 is 17.8 Å². The van der Waals surface area contributed by atoms with Gasteiger partial charge in [-0.1, -0.05) is 18.9 Å². The van der Waals surface area contributed by atoms with E-state index in [4.69, 9.17) is 9.47 Å². The summed E-state index contributed by atoms with van der Waals surface area (Å²) in [5, 5.41) is 0. The summed E-state index contributed by atoms with van der Waals surface area (Å²) >= 11 is 0. The van der Waals surface area contributed by atoms with Crippen molar-refractivity contribution in [3.8, 4) is 11.5 Å². The molecule has 3 aliphatic heterocycles. The lowest BCUT2D eigenvalue weighted by Crippen LogP contribution is -2.51. The lowest BCUT2D eigenvalue weighted by atomic mass is 10.1. The minimum atomic E-state index is -0.685. The largest absolute Gasteiger partial charge is 0.454 e. The highest BCUT2D eigenvalue weighted by atomic mass is 16.7. The van der Waals surface area contributed by atoms with E-state index in [9.17, 15) is 14.4 Å². The van der Waals surface area contributed by atoms with Crippen LogP contribution in [0.15, 0.2) is 18.2 Å². The van der Waals surface area contributed by atoms with Gasteiger partial charge in [0, 0.05) is 38.8 Å². The molecule has 2 saturated heterocycles. The van der Waals surface area contributed by atoms with Gasteiger partial charge in [0.2, 0.25) is 6.79 Å². The number of fused-ring (bicyclic) bond motifs is 1. The minimum Gasteiger partial charge on any atom is -0.454 e. The molecule has 9 nitrogen and oxygen atoms in total. The Hall–Kier alpha value is -2.65. The standard InChI is InChI=1S/C21H26N4O5/c26-19-20(27)25(16-3-1-2-4-16)21(28)24(19)13-23-9-7-22(8-10-23)12-15-5-6-17-18(11-15)30-14-29-17/h5-6,11,16H,1-4,7-10,12-14H2. The van der Waals surface area contributed by atoms with Crippen molar-refractivity contribution in [3.05, 3.63) is 23.8 Å². The van der Waals surface area contributed by atoms with E-state index in [1.807, 2.05) is 18.2 Å². The second-order valence-electron chi connectivity index (χ2n) is 8.35. The minimum absolute atomic E-state index is 0.113. The van der Waals surface area contributed by atoms with Crippen molar-refractivity contribution in [2.24, 2.45) is 0 Å². The molecule has 1 saturated carbocycles. The molecule has 0 spiro atoms. The molecule has 4 amide bonds. The number of piperazine rings is 1. The maximum absolute atomic E-state index is 12.7. The van der Waals surface area contributed by atoms with Crippen LogP contribution < -0.4 is 9.47 Å². The zero-order valence-corrected chi connectivity index (χ0v) is 16.9. The van der Waals surface area contributed by atoms with Gasteiger partial charge < -0.3 is 9.47 Å². The molecule has 0 aromatic heterocycles. The van der Waals surface area contributed by atoms with E-state index in [1.165, 1.54) is 4.90 Å². The average molecular weight is 414 g/mol. The van der Waals surface area contributed by atoms with Crippen molar-refractivity contribution in [2.75, 3.05) is 39.6 Å². The molecule has 0 N–H and O–H groups in total. The molecule has 0 radical (unpaired) electrons. The zero-order valence-electron chi connectivity index (χ0n) is 16.9. The topological polar surface area (TPSA) is 82.6 Å². The number of hydrogen-bond donors (Lipinski definition) is 0. The summed E-state index contributed by atoms with van der Waals surface area (Å²) in [7, 11) is 0. The third-order valence-electron chi connectivity index (χ3n) is 6.42. The van der Waals surface area contributed by atoms with Crippen LogP contribution >= 0.6 is 0 Å². The molecular weight excluding hydrogens is 388 g/mol. The Kier molecular flexibility index (Phi) is 5.08. The number of hydrogen-bond acceptors (Lipinski definition) is 7. The normalized spacial score (nSPS) is 23.3. The summed E-state index contributed by atoms with van der Waals surface area (Å²) in [5.41, 5.74) is 1.16. The number of benzene rings is 1. The van der Waals surface area contributed by atoms with Crippen LogP contribution in [-0.2, 0) is 16.1 Å². The van der Waals surface area contributed by atoms with Crippen LogP contribution in [0.3, 0.4) is 0 Å². The van der Waals surface area contributed by atoms with E-state index in [0.717, 1.165) is 80.4 Å². The Balaban J connectivity index is 1.15. The van der Waals surface area contributed by atoms with Gasteiger partial charge in [-0.25, -0.2) is 9.69 Å². The van der Waals surface area contributed by atoms with Gasteiger partial charge in [-0.15, -0.1) is 0 Å². The number of carbonyl (C=O) groups excluding carboxylic acids is 3. The fraction of sp³-hybridized carbons (Fsp3) is 0.571. The van der Waals surface area contributed by atoms with Crippen molar-refractivity contribution < 1.29 is 23.9 Å². The number of imide groups is 2. The van der Waals surface area contributed by atoms with Crippen molar-refractivity contribution in [1.82, 2.24) is 19.6 Å². The van der Waals surface area contributed by atoms with E-state index < -0.39 is 17.8 Å². The summed E-state index contributed by atoms with van der Waals surface area (Å²) < 4.78 is 10.8. The first kappa shape index (κ1) is 19.3. The zero-order chi connectivity index (χ0) is 20.7. The first-order valence-electron chi connectivity index (χ1n) is 10.6. The Bertz CT molecular complexity index is 861. The second-order valence-corrected chi connectivity index (χ2v) is 8.35. The molecule has 30 heavy (non-hydrogen) atoms. The van der Waals surface area contributed by atoms with Crippen LogP contribution in [0.25, 0.3) is 0 Å². The molecule has 3 fully saturated rings. The smallest absolute Gasteiger partial charge is 0.335 e. The predicted molar refractivity (Wildman–Crippen MR) is 106 cm³/mol. The molecule has 4 aliphatic rings. The summed E-state index contributed by atoms with van der Waals surface area (Å²) in [6, 6.07) is 5.44. The first-order valence-corrected chi connectivity index (χ1v) is 10.6. The summed E-state index contributed by atoms with van der Waals surface area (Å²) in [5.74, 6) is 0.224. The van der Waals surface area contributed by atoms with Gasteiger partial charge in [0.1, 0.15) is 0 Å². The SMILES string of the molecule is O=C1C(=O)N(C2CCCC2)C(=O)N1CN1CCN(Cc2ccc3c(c2)OCO3)CC1. The number of ether oxygens (including phenoxy) is 2. The Morgan fingerprint density at radius 1 is 0.867 bits per heavy atom. The molecule has 0 bridgehead atoms.